The first-order valence-electron chi connectivity index (χ1n) is 8.57. The zero-order chi connectivity index (χ0) is 17.5. The van der Waals surface area contributed by atoms with Crippen molar-refractivity contribution in [3.8, 4) is 0 Å². The average molecular weight is 326 g/mol. The van der Waals surface area contributed by atoms with Crippen molar-refractivity contribution in [2.24, 2.45) is 4.99 Å². The number of hydrogen-bond acceptors (Lipinski definition) is 3. The maximum Gasteiger partial charge on any atom is 0.410 e. The summed E-state index contributed by atoms with van der Waals surface area (Å²) in [6.07, 6.45) is 4.73. The number of rotatable bonds is 1. The third-order valence-electron chi connectivity index (χ3n) is 4.53. The molecule has 1 aromatic carbocycles. The van der Waals surface area contributed by atoms with Gasteiger partial charge in [-0.05, 0) is 81.0 Å². The van der Waals surface area contributed by atoms with Gasteiger partial charge >= 0.3 is 6.09 Å². The van der Waals surface area contributed by atoms with E-state index in [0.717, 1.165) is 13.0 Å². The highest BCUT2D eigenvalue weighted by Crippen LogP contribution is 2.32. The van der Waals surface area contributed by atoms with Gasteiger partial charge in [0, 0.05) is 18.8 Å². The van der Waals surface area contributed by atoms with Crippen LogP contribution in [0.4, 0.5) is 4.79 Å². The summed E-state index contributed by atoms with van der Waals surface area (Å²) in [6.45, 7) is 11.3. The zero-order valence-corrected chi connectivity index (χ0v) is 15.2. The van der Waals surface area contributed by atoms with Crippen LogP contribution in [0.25, 0.3) is 5.57 Å². The van der Waals surface area contributed by atoms with E-state index in [4.69, 9.17) is 4.74 Å². The molecule has 0 radical (unpaired) electrons. The molecule has 0 fully saturated rings. The molecule has 0 saturated carbocycles. The van der Waals surface area contributed by atoms with Crippen molar-refractivity contribution in [1.29, 1.82) is 0 Å². The molecule has 1 unspecified atom stereocenters. The molecule has 1 amide bonds. The first-order valence-corrected chi connectivity index (χ1v) is 8.57. The standard InChI is InChI=1S/C20H26N2O2/c1-13-8-16-11-21-12-17(16)10-18(13)15-6-7-22(14(2)9-15)19(23)24-20(3,4)5/h6,8,10-11,14H,7,9,12H2,1-5H3. The normalized spacial score (nSPS) is 20.0. The topological polar surface area (TPSA) is 41.9 Å². The number of nitrogens with zero attached hydrogens (tertiary/aromatic N) is 2. The summed E-state index contributed by atoms with van der Waals surface area (Å²) in [4.78, 5) is 18.5. The molecule has 0 aliphatic carbocycles. The van der Waals surface area contributed by atoms with E-state index in [1.54, 1.807) is 4.90 Å². The largest absolute Gasteiger partial charge is 0.444 e. The van der Waals surface area contributed by atoms with Crippen LogP contribution in [0.3, 0.4) is 0 Å². The highest BCUT2D eigenvalue weighted by atomic mass is 16.6. The lowest BCUT2D eigenvalue weighted by atomic mass is 9.90. The van der Waals surface area contributed by atoms with Crippen molar-refractivity contribution in [3.05, 3.63) is 40.5 Å². The van der Waals surface area contributed by atoms with Crippen LogP contribution in [0, 0.1) is 6.92 Å². The number of amides is 1. The van der Waals surface area contributed by atoms with Crippen molar-refractivity contribution in [2.75, 3.05) is 6.54 Å². The Morgan fingerprint density at radius 1 is 1.33 bits per heavy atom. The number of aliphatic imine (C=N–C) groups is 1. The molecule has 0 spiro atoms. The van der Waals surface area contributed by atoms with Crippen LogP contribution in [-0.2, 0) is 11.3 Å². The van der Waals surface area contributed by atoms with Crippen molar-refractivity contribution in [2.45, 2.75) is 59.2 Å². The van der Waals surface area contributed by atoms with E-state index in [2.05, 4.69) is 37.0 Å². The van der Waals surface area contributed by atoms with Crippen LogP contribution in [0.15, 0.2) is 23.2 Å². The second-order valence-corrected chi connectivity index (χ2v) is 7.75. The lowest BCUT2D eigenvalue weighted by molar-refractivity contribution is 0.0199. The molecule has 0 N–H and O–H groups in total. The molecular weight excluding hydrogens is 300 g/mol. The summed E-state index contributed by atoms with van der Waals surface area (Å²) in [5.41, 5.74) is 5.93. The second kappa shape index (κ2) is 6.08. The zero-order valence-electron chi connectivity index (χ0n) is 15.2. The van der Waals surface area contributed by atoms with Crippen LogP contribution < -0.4 is 0 Å². The molecule has 0 aromatic heterocycles. The van der Waals surface area contributed by atoms with Crippen LogP contribution in [0.1, 0.15) is 56.4 Å². The number of hydrogen-bond donors (Lipinski definition) is 0. The highest BCUT2D eigenvalue weighted by molar-refractivity contribution is 5.86. The number of carbonyl (C=O) groups is 1. The van der Waals surface area contributed by atoms with E-state index in [0.29, 0.717) is 6.54 Å². The number of carbonyl (C=O) groups excluding carboxylic acids is 1. The van der Waals surface area contributed by atoms with Gasteiger partial charge in [-0.25, -0.2) is 4.79 Å². The minimum Gasteiger partial charge on any atom is -0.444 e. The molecule has 0 bridgehead atoms. The average Bonchev–Trinajstić information content (AvgIpc) is 2.91. The number of ether oxygens (including phenoxy) is 1. The van der Waals surface area contributed by atoms with Crippen molar-refractivity contribution in [1.82, 2.24) is 4.90 Å². The van der Waals surface area contributed by atoms with Gasteiger partial charge in [-0.1, -0.05) is 6.08 Å². The van der Waals surface area contributed by atoms with Gasteiger partial charge in [0.2, 0.25) is 0 Å². The van der Waals surface area contributed by atoms with Gasteiger partial charge < -0.3 is 9.64 Å². The third kappa shape index (κ3) is 3.37. The quantitative estimate of drug-likeness (QED) is 0.770. The third-order valence-corrected chi connectivity index (χ3v) is 4.53. The van der Waals surface area contributed by atoms with Crippen molar-refractivity contribution < 1.29 is 9.53 Å². The summed E-state index contributed by atoms with van der Waals surface area (Å²) < 4.78 is 5.51. The summed E-state index contributed by atoms with van der Waals surface area (Å²) in [6, 6.07) is 4.61. The van der Waals surface area contributed by atoms with Gasteiger partial charge in [0.05, 0.1) is 6.54 Å². The number of benzene rings is 1. The minimum absolute atomic E-state index is 0.128. The number of aryl methyl sites for hydroxylation is 1. The Balaban J connectivity index is 1.80. The molecule has 1 aromatic rings. The van der Waals surface area contributed by atoms with Gasteiger partial charge in [-0.2, -0.15) is 0 Å². The summed E-state index contributed by atoms with van der Waals surface area (Å²) in [5, 5.41) is 0. The highest BCUT2D eigenvalue weighted by Gasteiger charge is 2.29. The molecule has 4 nitrogen and oxygen atoms in total. The molecular formula is C20H26N2O2. The predicted octanol–water partition coefficient (Wildman–Crippen LogP) is 4.34. The van der Waals surface area contributed by atoms with Gasteiger partial charge in [-0.3, -0.25) is 4.99 Å². The van der Waals surface area contributed by atoms with Crippen LogP contribution in [0.5, 0.6) is 0 Å². The van der Waals surface area contributed by atoms with E-state index in [9.17, 15) is 4.79 Å². The maximum atomic E-state index is 12.3. The molecule has 3 rings (SSSR count). The fourth-order valence-corrected chi connectivity index (χ4v) is 3.32. The van der Waals surface area contributed by atoms with E-state index in [-0.39, 0.29) is 12.1 Å². The van der Waals surface area contributed by atoms with E-state index in [1.165, 1.54) is 27.8 Å². The minimum atomic E-state index is -0.461. The second-order valence-electron chi connectivity index (χ2n) is 7.75. The Kier molecular flexibility index (Phi) is 4.24. The molecule has 128 valence electrons. The molecule has 1 atom stereocenters. The van der Waals surface area contributed by atoms with Gasteiger partial charge in [0.15, 0.2) is 0 Å². The molecule has 4 heteroatoms. The van der Waals surface area contributed by atoms with Gasteiger partial charge in [-0.15, -0.1) is 0 Å². The van der Waals surface area contributed by atoms with Crippen molar-refractivity contribution in [3.63, 3.8) is 0 Å². The summed E-state index contributed by atoms with van der Waals surface area (Å²) in [5.74, 6) is 0. The lowest BCUT2D eigenvalue weighted by Gasteiger charge is -2.35. The fourth-order valence-electron chi connectivity index (χ4n) is 3.32. The monoisotopic (exact) mass is 326 g/mol. The van der Waals surface area contributed by atoms with Gasteiger partial charge in [0.1, 0.15) is 5.60 Å². The van der Waals surface area contributed by atoms with E-state index < -0.39 is 5.60 Å². The lowest BCUT2D eigenvalue weighted by Crippen LogP contribution is -2.44. The van der Waals surface area contributed by atoms with E-state index >= 15 is 0 Å². The Morgan fingerprint density at radius 2 is 2.08 bits per heavy atom. The van der Waals surface area contributed by atoms with E-state index in [1.807, 2.05) is 27.0 Å². The van der Waals surface area contributed by atoms with Crippen molar-refractivity contribution >= 4 is 17.9 Å². The maximum absolute atomic E-state index is 12.3. The van der Waals surface area contributed by atoms with Gasteiger partial charge in [0.25, 0.3) is 0 Å². The van der Waals surface area contributed by atoms with Crippen LogP contribution >= 0.6 is 0 Å². The Hall–Kier alpha value is -2.10. The van der Waals surface area contributed by atoms with Crippen LogP contribution in [-0.4, -0.2) is 35.4 Å². The van der Waals surface area contributed by atoms with Crippen LogP contribution in [0.2, 0.25) is 0 Å². The molecule has 0 saturated heterocycles. The molecule has 2 heterocycles. The Morgan fingerprint density at radius 3 is 2.75 bits per heavy atom. The Labute approximate surface area is 144 Å². The Bertz CT molecular complexity index is 726. The number of fused-ring (bicyclic) bond motifs is 1. The SMILES string of the molecule is Cc1cc2c(cc1C1=CCN(C(=O)OC(C)(C)C)C(C)C1)CN=C2. The molecule has 24 heavy (non-hydrogen) atoms. The predicted molar refractivity (Wildman–Crippen MR) is 97.5 cm³/mol. The molecule has 2 aliphatic heterocycles. The summed E-state index contributed by atoms with van der Waals surface area (Å²) >= 11 is 0. The smallest absolute Gasteiger partial charge is 0.410 e. The molecule has 2 aliphatic rings. The summed E-state index contributed by atoms with van der Waals surface area (Å²) in [7, 11) is 0. The first kappa shape index (κ1) is 16.7. The fraction of sp³-hybridized carbons (Fsp3) is 0.500. The first-order chi connectivity index (χ1) is 11.2.